The number of nitrogens with zero attached hydrogens (tertiary/aromatic N) is 1. The van der Waals surface area contributed by atoms with Crippen molar-refractivity contribution >= 4 is 21.8 Å². The van der Waals surface area contributed by atoms with Gasteiger partial charge in [-0.15, -0.1) is 0 Å². The van der Waals surface area contributed by atoms with Gasteiger partial charge in [-0.05, 0) is 49.7 Å². The third-order valence-electron chi connectivity index (χ3n) is 3.53. The first-order valence-corrected chi connectivity index (χ1v) is 7.26. The maximum absolute atomic E-state index is 13.3. The average Bonchev–Trinajstić information content (AvgIpc) is 2.37. The Kier molecular flexibility index (Phi) is 4.93. The van der Waals surface area contributed by atoms with Gasteiger partial charge in [0.05, 0.1) is 0 Å². The van der Waals surface area contributed by atoms with E-state index in [1.54, 1.807) is 13.1 Å². The van der Waals surface area contributed by atoms with Crippen molar-refractivity contribution < 1.29 is 9.18 Å². The fourth-order valence-electron chi connectivity index (χ4n) is 2.52. The van der Waals surface area contributed by atoms with E-state index in [4.69, 9.17) is 0 Å². The van der Waals surface area contributed by atoms with Gasteiger partial charge in [-0.25, -0.2) is 4.39 Å². The van der Waals surface area contributed by atoms with Gasteiger partial charge >= 0.3 is 0 Å². The SMILES string of the molecule is CNC(=O)C1CCN(Cc2cc(F)cc(Br)c2)CC1. The Morgan fingerprint density at radius 2 is 2.11 bits per heavy atom. The molecule has 1 saturated heterocycles. The molecule has 1 fully saturated rings. The third kappa shape index (κ3) is 4.01. The molecular formula is C14H18BrFN2O. The van der Waals surface area contributed by atoms with Crippen molar-refractivity contribution in [1.29, 1.82) is 0 Å². The van der Waals surface area contributed by atoms with Crippen molar-refractivity contribution in [3.05, 3.63) is 34.1 Å². The number of halogens is 2. The number of benzene rings is 1. The van der Waals surface area contributed by atoms with Gasteiger partial charge in [0, 0.05) is 24.0 Å². The number of piperidine rings is 1. The molecular weight excluding hydrogens is 311 g/mol. The molecule has 1 aromatic rings. The molecule has 1 aromatic carbocycles. The molecule has 1 heterocycles. The summed E-state index contributed by atoms with van der Waals surface area (Å²) >= 11 is 3.30. The Morgan fingerprint density at radius 1 is 1.42 bits per heavy atom. The van der Waals surface area contributed by atoms with Crippen LogP contribution in [0.5, 0.6) is 0 Å². The van der Waals surface area contributed by atoms with Crippen molar-refractivity contribution in [2.75, 3.05) is 20.1 Å². The highest BCUT2D eigenvalue weighted by Gasteiger charge is 2.24. The van der Waals surface area contributed by atoms with Gasteiger partial charge < -0.3 is 5.32 Å². The Hall–Kier alpha value is -0.940. The minimum absolute atomic E-state index is 0.125. The lowest BCUT2D eigenvalue weighted by atomic mass is 9.95. The zero-order valence-electron chi connectivity index (χ0n) is 11.0. The van der Waals surface area contributed by atoms with Gasteiger partial charge in [-0.1, -0.05) is 15.9 Å². The fourth-order valence-corrected chi connectivity index (χ4v) is 3.03. The summed E-state index contributed by atoms with van der Waals surface area (Å²) in [5.74, 6) is 0.0401. The van der Waals surface area contributed by atoms with Gasteiger partial charge in [-0.3, -0.25) is 9.69 Å². The molecule has 2 rings (SSSR count). The van der Waals surface area contributed by atoms with Crippen LogP contribution in [-0.4, -0.2) is 30.9 Å². The number of carbonyl (C=O) groups excluding carboxylic acids is 1. The van der Waals surface area contributed by atoms with Crippen molar-refractivity contribution in [2.24, 2.45) is 5.92 Å². The first-order valence-electron chi connectivity index (χ1n) is 6.47. The Morgan fingerprint density at radius 3 is 2.68 bits per heavy atom. The maximum atomic E-state index is 13.3. The first-order chi connectivity index (χ1) is 9.08. The van der Waals surface area contributed by atoms with Crippen molar-refractivity contribution in [3.8, 4) is 0 Å². The zero-order valence-corrected chi connectivity index (χ0v) is 12.5. The molecule has 19 heavy (non-hydrogen) atoms. The Balaban J connectivity index is 1.90. The predicted molar refractivity (Wildman–Crippen MR) is 76.2 cm³/mol. The van der Waals surface area contributed by atoms with Crippen molar-refractivity contribution in [3.63, 3.8) is 0 Å². The molecule has 104 valence electrons. The second kappa shape index (κ2) is 6.48. The molecule has 1 amide bonds. The number of hydrogen-bond acceptors (Lipinski definition) is 2. The summed E-state index contributed by atoms with van der Waals surface area (Å²) in [5, 5.41) is 2.70. The molecule has 0 aliphatic carbocycles. The van der Waals surface area contributed by atoms with E-state index in [1.807, 2.05) is 6.07 Å². The third-order valence-corrected chi connectivity index (χ3v) is 3.99. The molecule has 0 bridgehead atoms. The van der Waals surface area contributed by atoms with Gasteiger partial charge in [-0.2, -0.15) is 0 Å². The van der Waals surface area contributed by atoms with E-state index in [0.717, 1.165) is 42.5 Å². The monoisotopic (exact) mass is 328 g/mol. The Labute approximate surface area is 121 Å². The number of nitrogens with one attached hydrogen (secondary N) is 1. The molecule has 0 aromatic heterocycles. The maximum Gasteiger partial charge on any atom is 0.222 e. The lowest BCUT2D eigenvalue weighted by Crippen LogP contribution is -2.39. The molecule has 0 saturated carbocycles. The standard InChI is InChI=1S/C14H18BrFN2O/c1-17-14(19)11-2-4-18(5-3-11)9-10-6-12(15)8-13(16)7-10/h6-8,11H,2-5,9H2,1H3,(H,17,19). The topological polar surface area (TPSA) is 32.3 Å². The van der Waals surface area contributed by atoms with Crippen LogP contribution in [0.25, 0.3) is 0 Å². The lowest BCUT2D eigenvalue weighted by molar-refractivity contribution is -0.125. The normalized spacial score (nSPS) is 17.4. The summed E-state index contributed by atoms with van der Waals surface area (Å²) in [5.41, 5.74) is 0.963. The van der Waals surface area contributed by atoms with Crippen LogP contribution in [-0.2, 0) is 11.3 Å². The van der Waals surface area contributed by atoms with Crippen molar-refractivity contribution in [2.45, 2.75) is 19.4 Å². The van der Waals surface area contributed by atoms with Gasteiger partial charge in [0.25, 0.3) is 0 Å². The second-order valence-corrected chi connectivity index (χ2v) is 5.86. The van der Waals surface area contributed by atoms with Crippen molar-refractivity contribution in [1.82, 2.24) is 10.2 Å². The minimum Gasteiger partial charge on any atom is -0.359 e. The summed E-state index contributed by atoms with van der Waals surface area (Å²) in [4.78, 5) is 13.8. The quantitative estimate of drug-likeness (QED) is 0.924. The van der Waals surface area contributed by atoms with Crippen LogP contribution < -0.4 is 5.32 Å². The highest BCUT2D eigenvalue weighted by Crippen LogP contribution is 2.21. The van der Waals surface area contributed by atoms with E-state index in [1.165, 1.54) is 6.07 Å². The van der Waals surface area contributed by atoms with E-state index >= 15 is 0 Å². The van der Waals surface area contributed by atoms with Crippen LogP contribution in [0.1, 0.15) is 18.4 Å². The lowest BCUT2D eigenvalue weighted by Gasteiger charge is -2.31. The smallest absolute Gasteiger partial charge is 0.222 e. The summed E-state index contributed by atoms with van der Waals surface area (Å²) in [6.07, 6.45) is 1.74. The number of amides is 1. The summed E-state index contributed by atoms with van der Waals surface area (Å²) in [6.45, 7) is 2.50. The largest absolute Gasteiger partial charge is 0.359 e. The van der Waals surface area contributed by atoms with Crippen LogP contribution in [0.3, 0.4) is 0 Å². The minimum atomic E-state index is -0.218. The van der Waals surface area contributed by atoms with Gasteiger partial charge in [0.2, 0.25) is 5.91 Å². The number of carbonyl (C=O) groups is 1. The van der Waals surface area contributed by atoms with Crippen LogP contribution in [0.4, 0.5) is 4.39 Å². The molecule has 0 spiro atoms. The molecule has 3 nitrogen and oxygen atoms in total. The molecule has 0 radical (unpaired) electrons. The summed E-state index contributed by atoms with van der Waals surface area (Å²) in [7, 11) is 1.68. The Bertz CT molecular complexity index is 439. The summed E-state index contributed by atoms with van der Waals surface area (Å²) < 4.78 is 14.1. The van der Waals surface area contributed by atoms with Gasteiger partial charge in [0.15, 0.2) is 0 Å². The number of hydrogen-bond donors (Lipinski definition) is 1. The van der Waals surface area contributed by atoms with Crippen LogP contribution in [0.15, 0.2) is 22.7 Å². The fraction of sp³-hybridized carbons (Fsp3) is 0.500. The van der Waals surface area contributed by atoms with Crippen LogP contribution in [0, 0.1) is 11.7 Å². The summed E-state index contributed by atoms with van der Waals surface area (Å²) in [6, 6.07) is 4.96. The zero-order chi connectivity index (χ0) is 13.8. The number of rotatable bonds is 3. The molecule has 5 heteroatoms. The number of likely N-dealkylation sites (tertiary alicyclic amines) is 1. The van der Waals surface area contributed by atoms with E-state index in [0.29, 0.717) is 0 Å². The predicted octanol–water partition coefficient (Wildman–Crippen LogP) is 2.55. The molecule has 1 aliphatic rings. The molecule has 0 unspecified atom stereocenters. The first kappa shape index (κ1) is 14.5. The van der Waals surface area contributed by atoms with E-state index < -0.39 is 0 Å². The van der Waals surface area contributed by atoms with E-state index in [-0.39, 0.29) is 17.6 Å². The highest BCUT2D eigenvalue weighted by molar-refractivity contribution is 9.10. The van der Waals surface area contributed by atoms with E-state index in [2.05, 4.69) is 26.1 Å². The van der Waals surface area contributed by atoms with Crippen LogP contribution in [0.2, 0.25) is 0 Å². The molecule has 1 N–H and O–H groups in total. The van der Waals surface area contributed by atoms with Gasteiger partial charge in [0.1, 0.15) is 5.82 Å². The second-order valence-electron chi connectivity index (χ2n) is 4.94. The van der Waals surface area contributed by atoms with Crippen LogP contribution >= 0.6 is 15.9 Å². The molecule has 1 aliphatic heterocycles. The molecule has 0 atom stereocenters. The van der Waals surface area contributed by atoms with E-state index in [9.17, 15) is 9.18 Å². The average molecular weight is 329 g/mol. The highest BCUT2D eigenvalue weighted by atomic mass is 79.9.